The van der Waals surface area contributed by atoms with E-state index in [1.54, 1.807) is 0 Å². The minimum atomic E-state index is -0.796. The fraction of sp³-hybridized carbons (Fsp3) is 0. The fourth-order valence-corrected chi connectivity index (χ4v) is 1.37. The normalized spacial score (nSPS) is 13.3. The summed E-state index contributed by atoms with van der Waals surface area (Å²) in [6, 6.07) is 2.36. The van der Waals surface area contributed by atoms with Gasteiger partial charge < -0.3 is 4.74 Å². The van der Waals surface area contributed by atoms with Crippen molar-refractivity contribution in [2.75, 3.05) is 0 Å². The second-order valence-electron chi connectivity index (χ2n) is 2.94. The lowest BCUT2D eigenvalue weighted by Gasteiger charge is -1.97. The van der Waals surface area contributed by atoms with Crippen molar-refractivity contribution < 1.29 is 23.9 Å². The predicted molar refractivity (Wildman–Crippen MR) is 47.0 cm³/mol. The van der Waals surface area contributed by atoms with Crippen LogP contribution in [0.5, 0.6) is 0 Å². The zero-order valence-electron chi connectivity index (χ0n) is 7.35. The van der Waals surface area contributed by atoms with E-state index in [9.17, 15) is 19.2 Å². The molecular weight excluding hydrogens is 200 g/mol. The quantitative estimate of drug-likeness (QED) is 0.401. The summed E-state index contributed by atoms with van der Waals surface area (Å²) in [7, 11) is 0. The standard InChI is InChI=1S/C10H4O5/c11-3-5-1-7-8(2-6(5)4-12)10(14)15-9(7)13/h1-4H. The molecule has 0 atom stereocenters. The van der Waals surface area contributed by atoms with Gasteiger partial charge in [-0.3, -0.25) is 9.59 Å². The molecule has 74 valence electrons. The van der Waals surface area contributed by atoms with Gasteiger partial charge in [0.2, 0.25) is 0 Å². The monoisotopic (exact) mass is 204 g/mol. The van der Waals surface area contributed by atoms with E-state index in [2.05, 4.69) is 4.74 Å². The summed E-state index contributed by atoms with van der Waals surface area (Å²) in [5.41, 5.74) is 0.172. The molecule has 0 saturated carbocycles. The van der Waals surface area contributed by atoms with Crippen LogP contribution in [0.4, 0.5) is 0 Å². The molecule has 0 spiro atoms. The Morgan fingerprint density at radius 3 is 1.60 bits per heavy atom. The van der Waals surface area contributed by atoms with E-state index in [4.69, 9.17) is 0 Å². The number of fused-ring (bicyclic) bond motifs is 1. The molecule has 0 bridgehead atoms. The Labute approximate surface area is 83.6 Å². The highest BCUT2D eigenvalue weighted by molar-refractivity contribution is 6.16. The lowest BCUT2D eigenvalue weighted by atomic mass is 10.0. The summed E-state index contributed by atoms with van der Waals surface area (Å²) >= 11 is 0. The molecule has 1 heterocycles. The maximum absolute atomic E-state index is 11.1. The van der Waals surface area contributed by atoms with E-state index in [0.29, 0.717) is 12.6 Å². The lowest BCUT2D eigenvalue weighted by molar-refractivity contribution is 0.0443. The van der Waals surface area contributed by atoms with E-state index in [1.165, 1.54) is 12.1 Å². The molecule has 5 nitrogen and oxygen atoms in total. The van der Waals surface area contributed by atoms with Gasteiger partial charge in [0.05, 0.1) is 11.1 Å². The Hall–Kier alpha value is -2.30. The molecule has 0 amide bonds. The molecule has 1 aromatic rings. The first-order chi connectivity index (χ1) is 7.17. The average Bonchev–Trinajstić information content (AvgIpc) is 2.52. The number of benzene rings is 1. The number of rotatable bonds is 2. The van der Waals surface area contributed by atoms with Crippen molar-refractivity contribution in [3.8, 4) is 0 Å². The van der Waals surface area contributed by atoms with E-state index in [1.807, 2.05) is 0 Å². The van der Waals surface area contributed by atoms with Crippen LogP contribution in [0.15, 0.2) is 12.1 Å². The number of hydrogen-bond acceptors (Lipinski definition) is 5. The third kappa shape index (κ3) is 1.25. The molecule has 15 heavy (non-hydrogen) atoms. The highest BCUT2D eigenvalue weighted by Crippen LogP contribution is 2.22. The molecule has 0 saturated heterocycles. The Kier molecular flexibility index (Phi) is 1.93. The number of cyclic esters (lactones) is 2. The molecule has 0 unspecified atom stereocenters. The SMILES string of the molecule is O=Cc1cc2c(cc1C=O)C(=O)OC2=O. The van der Waals surface area contributed by atoms with E-state index in [-0.39, 0.29) is 22.3 Å². The second kappa shape index (κ2) is 3.13. The van der Waals surface area contributed by atoms with Crippen molar-refractivity contribution in [3.63, 3.8) is 0 Å². The maximum atomic E-state index is 11.1. The minimum Gasteiger partial charge on any atom is -0.386 e. The van der Waals surface area contributed by atoms with Crippen LogP contribution in [-0.4, -0.2) is 24.5 Å². The van der Waals surface area contributed by atoms with Gasteiger partial charge in [-0.1, -0.05) is 0 Å². The summed E-state index contributed by atoms with van der Waals surface area (Å²) in [5, 5.41) is 0. The van der Waals surface area contributed by atoms with Crippen LogP contribution >= 0.6 is 0 Å². The van der Waals surface area contributed by atoms with Crippen molar-refractivity contribution in [2.24, 2.45) is 0 Å². The third-order valence-electron chi connectivity index (χ3n) is 2.10. The first kappa shape index (κ1) is 9.26. The van der Waals surface area contributed by atoms with Crippen molar-refractivity contribution in [3.05, 3.63) is 34.4 Å². The minimum absolute atomic E-state index is 0.0210. The first-order valence-corrected chi connectivity index (χ1v) is 4.02. The summed E-state index contributed by atoms with van der Waals surface area (Å²) in [5.74, 6) is -1.59. The Bertz CT molecular complexity index is 456. The van der Waals surface area contributed by atoms with Gasteiger partial charge in [-0.05, 0) is 12.1 Å². The topological polar surface area (TPSA) is 77.5 Å². The van der Waals surface area contributed by atoms with Crippen molar-refractivity contribution in [1.29, 1.82) is 0 Å². The van der Waals surface area contributed by atoms with E-state index >= 15 is 0 Å². The molecule has 0 aliphatic carbocycles. The second-order valence-corrected chi connectivity index (χ2v) is 2.94. The van der Waals surface area contributed by atoms with E-state index in [0.717, 1.165) is 0 Å². The summed E-state index contributed by atoms with van der Waals surface area (Å²) in [6.07, 6.45) is 0.889. The summed E-state index contributed by atoms with van der Waals surface area (Å²) in [4.78, 5) is 43.3. The van der Waals surface area contributed by atoms with Crippen LogP contribution in [0.25, 0.3) is 0 Å². The molecule has 0 aromatic heterocycles. The first-order valence-electron chi connectivity index (χ1n) is 4.02. The Morgan fingerprint density at radius 1 is 0.867 bits per heavy atom. The van der Waals surface area contributed by atoms with Gasteiger partial charge in [-0.2, -0.15) is 0 Å². The zero-order chi connectivity index (χ0) is 11.0. The molecular formula is C10H4O5. The number of carbonyl (C=O) groups excluding carboxylic acids is 4. The van der Waals surface area contributed by atoms with E-state index < -0.39 is 11.9 Å². The van der Waals surface area contributed by atoms with Crippen LogP contribution in [0.3, 0.4) is 0 Å². The number of esters is 2. The third-order valence-corrected chi connectivity index (χ3v) is 2.10. The van der Waals surface area contributed by atoms with Crippen molar-refractivity contribution in [2.45, 2.75) is 0 Å². The van der Waals surface area contributed by atoms with Crippen molar-refractivity contribution in [1.82, 2.24) is 0 Å². The number of carbonyl (C=O) groups is 4. The van der Waals surface area contributed by atoms with Crippen LogP contribution in [-0.2, 0) is 4.74 Å². The molecule has 1 aromatic carbocycles. The average molecular weight is 204 g/mol. The Morgan fingerprint density at radius 2 is 1.27 bits per heavy atom. The van der Waals surface area contributed by atoms with Gasteiger partial charge in [0.25, 0.3) is 0 Å². The zero-order valence-corrected chi connectivity index (χ0v) is 7.35. The molecule has 0 fully saturated rings. The molecule has 0 radical (unpaired) electrons. The molecule has 5 heteroatoms. The number of ether oxygens (including phenoxy) is 1. The fourth-order valence-electron chi connectivity index (χ4n) is 1.37. The van der Waals surface area contributed by atoms with Gasteiger partial charge in [0.1, 0.15) is 0 Å². The highest BCUT2D eigenvalue weighted by Gasteiger charge is 2.30. The molecule has 1 aliphatic rings. The summed E-state index contributed by atoms with van der Waals surface area (Å²) in [6.45, 7) is 0. The van der Waals surface area contributed by atoms with Gasteiger partial charge in [0, 0.05) is 11.1 Å². The highest BCUT2D eigenvalue weighted by atomic mass is 16.6. The molecule has 2 rings (SSSR count). The Balaban J connectivity index is 2.73. The molecule has 0 N–H and O–H groups in total. The number of hydrogen-bond donors (Lipinski definition) is 0. The number of aldehydes is 2. The van der Waals surface area contributed by atoms with Crippen molar-refractivity contribution >= 4 is 24.5 Å². The van der Waals surface area contributed by atoms with Crippen LogP contribution in [0.1, 0.15) is 41.4 Å². The van der Waals surface area contributed by atoms with Crippen LogP contribution in [0.2, 0.25) is 0 Å². The van der Waals surface area contributed by atoms with Gasteiger partial charge in [-0.15, -0.1) is 0 Å². The van der Waals surface area contributed by atoms with Gasteiger partial charge in [-0.25, -0.2) is 9.59 Å². The predicted octanol–water partition coefficient (Wildman–Crippen LogP) is 0.622. The van der Waals surface area contributed by atoms with Crippen LogP contribution in [0, 0.1) is 0 Å². The summed E-state index contributed by atoms with van der Waals surface area (Å²) < 4.78 is 4.32. The largest absolute Gasteiger partial charge is 0.386 e. The van der Waals surface area contributed by atoms with Gasteiger partial charge in [0.15, 0.2) is 12.6 Å². The lowest BCUT2D eigenvalue weighted by Crippen LogP contribution is -1.98. The maximum Gasteiger partial charge on any atom is 0.346 e. The molecule has 1 aliphatic heterocycles. The van der Waals surface area contributed by atoms with Crippen LogP contribution < -0.4 is 0 Å². The van der Waals surface area contributed by atoms with Gasteiger partial charge >= 0.3 is 11.9 Å². The smallest absolute Gasteiger partial charge is 0.346 e.